The maximum atomic E-state index is 11.0. The van der Waals surface area contributed by atoms with Crippen molar-refractivity contribution in [3.8, 4) is 0 Å². The van der Waals surface area contributed by atoms with Gasteiger partial charge in [-0.1, -0.05) is 46.5 Å². The van der Waals surface area contributed by atoms with Crippen molar-refractivity contribution in [3.05, 3.63) is 92.0 Å². The topological polar surface area (TPSA) is 78.6 Å². The van der Waals surface area contributed by atoms with E-state index in [1.807, 2.05) is 6.08 Å². The quantitative estimate of drug-likeness (QED) is 0.254. The van der Waals surface area contributed by atoms with Crippen molar-refractivity contribution in [2.45, 2.75) is 105 Å². The van der Waals surface area contributed by atoms with E-state index in [4.69, 9.17) is 19.7 Å². The third-order valence-corrected chi connectivity index (χ3v) is 9.55. The predicted octanol–water partition coefficient (Wildman–Crippen LogP) is 8.81. The van der Waals surface area contributed by atoms with Gasteiger partial charge in [0.1, 0.15) is 5.76 Å². The monoisotopic (exact) mass is 578 g/mol. The van der Waals surface area contributed by atoms with E-state index in [0.29, 0.717) is 18.1 Å². The fourth-order valence-corrected chi connectivity index (χ4v) is 7.24. The molecule has 0 spiro atoms. The Hall–Kier alpha value is -3.51. The standard InChI is InChI=1S/C37H46N4O2/c1-7-10-11-12-14-43-23(6)35-22(5)30-17-25-15-24(13-8-2)36(38-25)29-19-34(42)28-16-26(39-37(28)29)18-32-27(9-3)21(4)31(40-32)20-33(35)41-30/h16-18,20,23-24,38,42H,7-15,19H2,1-6H3/t23?,24-/m0/s1. The Morgan fingerprint density at radius 3 is 2.49 bits per heavy atom. The average molecular weight is 579 g/mol. The molecule has 6 nitrogen and oxygen atoms in total. The summed E-state index contributed by atoms with van der Waals surface area (Å²) < 4.78 is 6.42. The molecular weight excluding hydrogens is 532 g/mol. The molecule has 5 heterocycles. The summed E-state index contributed by atoms with van der Waals surface area (Å²) in [6, 6.07) is 0. The van der Waals surface area contributed by atoms with Gasteiger partial charge in [-0.2, -0.15) is 0 Å². The van der Waals surface area contributed by atoms with Crippen molar-refractivity contribution in [1.29, 1.82) is 0 Å². The van der Waals surface area contributed by atoms with Gasteiger partial charge in [-0.15, -0.1) is 0 Å². The van der Waals surface area contributed by atoms with Crippen LogP contribution < -0.4 is 5.32 Å². The number of unbranched alkanes of at least 4 members (excludes halogenated alkanes) is 3. The van der Waals surface area contributed by atoms with Crippen LogP contribution in [0.25, 0.3) is 0 Å². The average Bonchev–Trinajstić information content (AvgIpc) is 3.76. The van der Waals surface area contributed by atoms with Crippen LogP contribution in [0.15, 0.2) is 107 Å². The molecule has 2 N–H and O–H groups in total. The minimum atomic E-state index is -0.0642. The van der Waals surface area contributed by atoms with Gasteiger partial charge in [0.25, 0.3) is 0 Å². The summed E-state index contributed by atoms with van der Waals surface area (Å²) in [5.74, 6) is 0.771. The second kappa shape index (κ2) is 12.2. The minimum Gasteiger partial charge on any atom is -0.511 e. The first-order chi connectivity index (χ1) is 20.8. The normalized spacial score (nSPS) is 23.4. The molecule has 1 aliphatic carbocycles. The number of nitrogens with one attached hydrogen (secondary N) is 1. The highest BCUT2D eigenvalue weighted by molar-refractivity contribution is 6.20. The molecule has 2 atom stereocenters. The highest BCUT2D eigenvalue weighted by atomic mass is 16.5. The van der Waals surface area contributed by atoms with Crippen LogP contribution in [0.1, 0.15) is 99.3 Å². The maximum absolute atomic E-state index is 11.0. The minimum absolute atomic E-state index is 0.0642. The Morgan fingerprint density at radius 1 is 0.930 bits per heavy atom. The number of allylic oxidation sites excluding steroid dienone is 11. The number of aliphatic imine (C=N–C) groups is 3. The van der Waals surface area contributed by atoms with Crippen LogP contribution in [0, 0.1) is 5.92 Å². The Kier molecular flexibility index (Phi) is 8.41. The van der Waals surface area contributed by atoms with E-state index in [-0.39, 0.29) is 6.10 Å². The Bertz CT molecular complexity index is 1580. The third-order valence-electron chi connectivity index (χ3n) is 9.55. The maximum Gasteiger partial charge on any atom is 0.106 e. The molecule has 0 aromatic heterocycles. The van der Waals surface area contributed by atoms with Gasteiger partial charge in [-0.3, -0.25) is 0 Å². The van der Waals surface area contributed by atoms with E-state index in [9.17, 15) is 5.11 Å². The van der Waals surface area contributed by atoms with E-state index in [1.54, 1.807) is 0 Å². The van der Waals surface area contributed by atoms with Gasteiger partial charge in [0.2, 0.25) is 0 Å². The van der Waals surface area contributed by atoms with Crippen LogP contribution in [0.5, 0.6) is 0 Å². The first-order valence-electron chi connectivity index (χ1n) is 16.4. The van der Waals surface area contributed by atoms with E-state index >= 15 is 0 Å². The number of fused-ring (bicyclic) bond motifs is 5. The number of ether oxygens (including phenoxy) is 1. The molecule has 1 saturated heterocycles. The van der Waals surface area contributed by atoms with E-state index < -0.39 is 0 Å². The molecule has 43 heavy (non-hydrogen) atoms. The van der Waals surface area contributed by atoms with Crippen LogP contribution >= 0.6 is 0 Å². The highest BCUT2D eigenvalue weighted by Gasteiger charge is 2.36. The van der Waals surface area contributed by atoms with Crippen LogP contribution in [0.2, 0.25) is 0 Å². The van der Waals surface area contributed by atoms with Gasteiger partial charge in [-0.25, -0.2) is 15.0 Å². The highest BCUT2D eigenvalue weighted by Crippen LogP contribution is 2.43. The zero-order valence-electron chi connectivity index (χ0n) is 26.7. The first-order valence-corrected chi connectivity index (χ1v) is 16.4. The van der Waals surface area contributed by atoms with Gasteiger partial charge >= 0.3 is 0 Å². The lowest BCUT2D eigenvalue weighted by Gasteiger charge is -2.17. The van der Waals surface area contributed by atoms with E-state index in [1.165, 1.54) is 47.4 Å². The second-order valence-corrected chi connectivity index (χ2v) is 12.6. The molecule has 226 valence electrons. The lowest BCUT2D eigenvalue weighted by molar-refractivity contribution is 0.0876. The zero-order valence-corrected chi connectivity index (χ0v) is 26.7. The van der Waals surface area contributed by atoms with Crippen molar-refractivity contribution in [2.24, 2.45) is 20.9 Å². The van der Waals surface area contributed by atoms with E-state index in [2.05, 4.69) is 65.1 Å². The molecule has 5 aliphatic heterocycles. The zero-order chi connectivity index (χ0) is 30.2. The lowest BCUT2D eigenvalue weighted by Crippen LogP contribution is -2.15. The molecule has 6 heteroatoms. The van der Waals surface area contributed by atoms with Crippen molar-refractivity contribution in [1.82, 2.24) is 5.32 Å². The van der Waals surface area contributed by atoms with Crippen LogP contribution in [0.3, 0.4) is 0 Å². The summed E-state index contributed by atoms with van der Waals surface area (Å²) >= 11 is 0. The number of rotatable bonds is 10. The van der Waals surface area contributed by atoms with E-state index in [0.717, 1.165) is 89.7 Å². The predicted molar refractivity (Wildman–Crippen MR) is 177 cm³/mol. The van der Waals surface area contributed by atoms with Gasteiger partial charge in [0, 0.05) is 47.1 Å². The SMILES string of the molecule is CCCCCCOC(C)C1=C(C)C2=NC1=CC1=NC(=CC3=CC4=C(O)CC(=C5NC(=C2)C[C@@H]5CCC)C4=N3)C(CC)=C1C. The molecule has 0 radical (unpaired) electrons. The summed E-state index contributed by atoms with van der Waals surface area (Å²) in [5.41, 5.74) is 14.6. The van der Waals surface area contributed by atoms with Crippen LogP contribution in [-0.4, -0.2) is 35.0 Å². The summed E-state index contributed by atoms with van der Waals surface area (Å²) in [6.45, 7) is 13.9. The Balaban J connectivity index is 1.47. The number of aliphatic hydroxyl groups excluding tert-OH is 1. The number of nitrogens with zero attached hydrogens (tertiary/aromatic N) is 3. The van der Waals surface area contributed by atoms with Crippen LogP contribution in [0.4, 0.5) is 0 Å². The van der Waals surface area contributed by atoms with Gasteiger partial charge in [0.15, 0.2) is 0 Å². The summed E-state index contributed by atoms with van der Waals surface area (Å²) in [4.78, 5) is 15.4. The lowest BCUT2D eigenvalue weighted by atomic mass is 9.93. The van der Waals surface area contributed by atoms with Gasteiger partial charge in [-0.05, 0) is 87.5 Å². The molecular formula is C37H46N4O2. The van der Waals surface area contributed by atoms with Crippen molar-refractivity contribution in [3.63, 3.8) is 0 Å². The molecule has 1 unspecified atom stereocenters. The first kappa shape index (κ1) is 29.6. The Morgan fingerprint density at radius 2 is 1.72 bits per heavy atom. The van der Waals surface area contributed by atoms with Crippen molar-refractivity contribution in [2.75, 3.05) is 6.61 Å². The molecule has 0 aromatic carbocycles. The molecule has 8 bridgehead atoms. The molecule has 0 aromatic rings. The third kappa shape index (κ3) is 5.50. The smallest absolute Gasteiger partial charge is 0.106 e. The molecule has 0 amide bonds. The fraction of sp³-hybridized carbons (Fsp3) is 0.486. The largest absolute Gasteiger partial charge is 0.511 e. The number of hydrogen-bond donors (Lipinski definition) is 2. The second-order valence-electron chi connectivity index (χ2n) is 12.6. The summed E-state index contributed by atoms with van der Waals surface area (Å²) in [6.07, 6.45) is 17.7. The summed E-state index contributed by atoms with van der Waals surface area (Å²) in [5, 5.41) is 14.8. The number of hydrogen-bond acceptors (Lipinski definition) is 6. The van der Waals surface area contributed by atoms with Crippen molar-refractivity contribution >= 4 is 17.1 Å². The molecule has 1 fully saturated rings. The van der Waals surface area contributed by atoms with Gasteiger partial charge in [0.05, 0.1) is 40.3 Å². The molecule has 6 rings (SSSR count). The van der Waals surface area contributed by atoms with Crippen molar-refractivity contribution < 1.29 is 9.84 Å². The fourth-order valence-electron chi connectivity index (χ4n) is 7.24. The summed E-state index contributed by atoms with van der Waals surface area (Å²) in [7, 11) is 0. The number of aliphatic hydroxyl groups is 1. The molecule has 0 saturated carbocycles. The van der Waals surface area contributed by atoms with Gasteiger partial charge < -0.3 is 15.2 Å². The Labute approximate surface area is 256 Å². The van der Waals surface area contributed by atoms with Crippen LogP contribution in [-0.2, 0) is 4.74 Å². The molecule has 6 aliphatic rings.